The standard InChI is InChI=1S/C32H19NO/c1-2-8-21-19(7-1)14-16-27-31(21)32-25-11-4-3-9-22(25)26(18-28(32)33-27)20-13-15-24-23-10-5-6-12-29(23)34-30(24)17-20/h1-18,33H. The Bertz CT molecular complexity index is 2070. The topological polar surface area (TPSA) is 28.9 Å². The molecule has 1 N–H and O–H groups in total. The molecular formula is C32H19NO. The number of aromatic nitrogens is 1. The number of para-hydroxylation sites is 1. The summed E-state index contributed by atoms with van der Waals surface area (Å²) < 4.78 is 6.20. The first-order valence-corrected chi connectivity index (χ1v) is 11.6. The molecule has 2 nitrogen and oxygen atoms in total. The summed E-state index contributed by atoms with van der Waals surface area (Å²) in [6.07, 6.45) is 0. The van der Waals surface area contributed by atoms with E-state index in [1.165, 1.54) is 43.4 Å². The summed E-state index contributed by atoms with van der Waals surface area (Å²) in [6.45, 7) is 0. The molecule has 0 saturated heterocycles. The zero-order valence-electron chi connectivity index (χ0n) is 18.3. The summed E-state index contributed by atoms with van der Waals surface area (Å²) in [5, 5.41) is 9.96. The van der Waals surface area contributed by atoms with Gasteiger partial charge in [0.05, 0.1) is 0 Å². The molecule has 158 valence electrons. The molecule has 0 aliphatic carbocycles. The van der Waals surface area contributed by atoms with Crippen LogP contribution in [0.2, 0.25) is 0 Å². The van der Waals surface area contributed by atoms with Crippen molar-refractivity contribution in [2.75, 3.05) is 0 Å². The molecule has 0 radical (unpaired) electrons. The van der Waals surface area contributed by atoms with Crippen LogP contribution < -0.4 is 0 Å². The minimum absolute atomic E-state index is 0.922. The SMILES string of the molecule is c1ccc2c(c1)ccc1[nH]c3cc(-c4ccc5c(c4)oc4ccccc45)c4ccccc4c3c12. The lowest BCUT2D eigenvalue weighted by Gasteiger charge is -2.10. The Morgan fingerprint density at radius 2 is 1.18 bits per heavy atom. The fraction of sp³-hybridized carbons (Fsp3) is 0. The van der Waals surface area contributed by atoms with E-state index in [1.54, 1.807) is 0 Å². The number of hydrogen-bond acceptors (Lipinski definition) is 1. The molecule has 0 unspecified atom stereocenters. The van der Waals surface area contributed by atoms with Gasteiger partial charge in [-0.05, 0) is 63.0 Å². The van der Waals surface area contributed by atoms with Gasteiger partial charge >= 0.3 is 0 Å². The molecule has 34 heavy (non-hydrogen) atoms. The molecule has 0 fully saturated rings. The maximum absolute atomic E-state index is 6.20. The van der Waals surface area contributed by atoms with Crippen molar-refractivity contribution in [3.05, 3.63) is 109 Å². The Kier molecular flexibility index (Phi) is 3.42. The van der Waals surface area contributed by atoms with Crippen LogP contribution in [-0.4, -0.2) is 4.98 Å². The zero-order valence-corrected chi connectivity index (χ0v) is 18.3. The molecule has 2 heterocycles. The monoisotopic (exact) mass is 433 g/mol. The van der Waals surface area contributed by atoms with Crippen LogP contribution in [-0.2, 0) is 0 Å². The van der Waals surface area contributed by atoms with Gasteiger partial charge in [-0.2, -0.15) is 0 Å². The van der Waals surface area contributed by atoms with Crippen molar-refractivity contribution in [1.29, 1.82) is 0 Å². The second-order valence-electron chi connectivity index (χ2n) is 9.04. The summed E-state index contributed by atoms with van der Waals surface area (Å²) in [5.74, 6) is 0. The van der Waals surface area contributed by atoms with E-state index in [-0.39, 0.29) is 0 Å². The second kappa shape index (κ2) is 6.49. The van der Waals surface area contributed by atoms with Crippen LogP contribution in [0.3, 0.4) is 0 Å². The van der Waals surface area contributed by atoms with Crippen LogP contribution in [0.25, 0.3) is 76.4 Å². The number of H-pyrrole nitrogens is 1. The van der Waals surface area contributed by atoms with Gasteiger partial charge < -0.3 is 9.40 Å². The van der Waals surface area contributed by atoms with Gasteiger partial charge in [-0.3, -0.25) is 0 Å². The molecule has 0 spiro atoms. The predicted octanol–water partition coefficient (Wildman–Crippen LogP) is 9.19. The molecule has 6 aromatic carbocycles. The van der Waals surface area contributed by atoms with Crippen molar-refractivity contribution >= 4 is 65.3 Å². The van der Waals surface area contributed by atoms with Crippen LogP contribution in [0, 0.1) is 0 Å². The molecule has 8 rings (SSSR count). The highest BCUT2D eigenvalue weighted by atomic mass is 16.3. The predicted molar refractivity (Wildman–Crippen MR) is 144 cm³/mol. The number of hydrogen-bond donors (Lipinski definition) is 1. The Hall–Kier alpha value is -4.56. The van der Waals surface area contributed by atoms with Gasteiger partial charge in [-0.1, -0.05) is 78.9 Å². The third-order valence-corrected chi connectivity index (χ3v) is 7.18. The first-order valence-electron chi connectivity index (χ1n) is 11.6. The lowest BCUT2D eigenvalue weighted by molar-refractivity contribution is 0.669. The minimum atomic E-state index is 0.922. The quantitative estimate of drug-likeness (QED) is 0.275. The molecule has 0 amide bonds. The summed E-state index contributed by atoms with van der Waals surface area (Å²) in [7, 11) is 0. The molecular weight excluding hydrogens is 414 g/mol. The fourth-order valence-electron chi connectivity index (χ4n) is 5.67. The van der Waals surface area contributed by atoms with Gasteiger partial charge in [0.2, 0.25) is 0 Å². The molecule has 0 atom stereocenters. The van der Waals surface area contributed by atoms with Gasteiger partial charge in [0.1, 0.15) is 11.2 Å². The van der Waals surface area contributed by atoms with Crippen LogP contribution in [0.5, 0.6) is 0 Å². The third-order valence-electron chi connectivity index (χ3n) is 7.18. The van der Waals surface area contributed by atoms with E-state index in [0.29, 0.717) is 0 Å². The normalized spacial score (nSPS) is 12.1. The van der Waals surface area contributed by atoms with E-state index in [1.807, 2.05) is 12.1 Å². The molecule has 0 saturated carbocycles. The average molecular weight is 434 g/mol. The highest BCUT2D eigenvalue weighted by molar-refractivity contribution is 6.29. The van der Waals surface area contributed by atoms with E-state index in [0.717, 1.165) is 33.0 Å². The number of nitrogens with one attached hydrogen (secondary N) is 1. The van der Waals surface area contributed by atoms with E-state index in [9.17, 15) is 0 Å². The third kappa shape index (κ3) is 2.35. The summed E-state index contributed by atoms with van der Waals surface area (Å²) in [5.41, 5.74) is 6.55. The molecule has 8 aromatic rings. The second-order valence-corrected chi connectivity index (χ2v) is 9.04. The van der Waals surface area contributed by atoms with Crippen LogP contribution in [0.1, 0.15) is 0 Å². The van der Waals surface area contributed by atoms with Crippen molar-refractivity contribution in [3.63, 3.8) is 0 Å². The molecule has 0 bridgehead atoms. The van der Waals surface area contributed by atoms with Gasteiger partial charge in [0.25, 0.3) is 0 Å². The van der Waals surface area contributed by atoms with Crippen LogP contribution in [0.4, 0.5) is 0 Å². The number of furan rings is 1. The number of aromatic amines is 1. The molecule has 2 heteroatoms. The maximum Gasteiger partial charge on any atom is 0.136 e. The van der Waals surface area contributed by atoms with E-state index in [4.69, 9.17) is 4.42 Å². The van der Waals surface area contributed by atoms with Gasteiger partial charge in [-0.15, -0.1) is 0 Å². The maximum atomic E-state index is 6.20. The number of fused-ring (bicyclic) bond motifs is 10. The van der Waals surface area contributed by atoms with Gasteiger partial charge in [-0.25, -0.2) is 0 Å². The first kappa shape index (κ1) is 17.9. The summed E-state index contributed by atoms with van der Waals surface area (Å²) in [4.78, 5) is 3.71. The smallest absolute Gasteiger partial charge is 0.136 e. The van der Waals surface area contributed by atoms with Crippen LogP contribution >= 0.6 is 0 Å². The van der Waals surface area contributed by atoms with Gasteiger partial charge in [0.15, 0.2) is 0 Å². The largest absolute Gasteiger partial charge is 0.456 e. The average Bonchev–Trinajstić information content (AvgIpc) is 3.46. The van der Waals surface area contributed by atoms with E-state index >= 15 is 0 Å². The zero-order chi connectivity index (χ0) is 22.2. The highest BCUT2D eigenvalue weighted by Crippen LogP contribution is 2.41. The lowest BCUT2D eigenvalue weighted by Crippen LogP contribution is -1.84. The van der Waals surface area contributed by atoms with Crippen molar-refractivity contribution in [1.82, 2.24) is 4.98 Å². The Morgan fingerprint density at radius 1 is 0.471 bits per heavy atom. The van der Waals surface area contributed by atoms with Crippen molar-refractivity contribution < 1.29 is 4.42 Å². The Labute approximate surface area is 195 Å². The molecule has 0 aliphatic heterocycles. The number of benzene rings is 6. The van der Waals surface area contributed by atoms with Crippen molar-refractivity contribution in [3.8, 4) is 11.1 Å². The molecule has 0 aliphatic rings. The van der Waals surface area contributed by atoms with E-state index in [2.05, 4.69) is 102 Å². The highest BCUT2D eigenvalue weighted by Gasteiger charge is 2.16. The Morgan fingerprint density at radius 3 is 2.09 bits per heavy atom. The fourth-order valence-corrected chi connectivity index (χ4v) is 5.67. The molecule has 2 aromatic heterocycles. The van der Waals surface area contributed by atoms with E-state index < -0.39 is 0 Å². The summed E-state index contributed by atoms with van der Waals surface area (Å²) in [6, 6.07) is 38.9. The van der Waals surface area contributed by atoms with Crippen molar-refractivity contribution in [2.24, 2.45) is 0 Å². The number of rotatable bonds is 1. The van der Waals surface area contributed by atoms with Crippen LogP contribution in [0.15, 0.2) is 114 Å². The lowest BCUT2D eigenvalue weighted by atomic mass is 9.93. The Balaban J connectivity index is 1.49. The summed E-state index contributed by atoms with van der Waals surface area (Å²) >= 11 is 0. The first-order chi connectivity index (χ1) is 16.8. The van der Waals surface area contributed by atoms with Gasteiger partial charge in [0, 0.05) is 32.6 Å². The van der Waals surface area contributed by atoms with Crippen molar-refractivity contribution in [2.45, 2.75) is 0 Å². The minimum Gasteiger partial charge on any atom is -0.456 e.